The third-order valence-electron chi connectivity index (χ3n) is 6.04. The van der Waals surface area contributed by atoms with Gasteiger partial charge in [0.1, 0.15) is 0 Å². The molecule has 5 atom stereocenters. The zero-order chi connectivity index (χ0) is 15.0. The first kappa shape index (κ1) is 21.0. The Balaban J connectivity index is 0.00000132. The van der Waals surface area contributed by atoms with Crippen LogP contribution in [0.25, 0.3) is 0 Å². The number of halogens is 2. The first-order chi connectivity index (χ1) is 10.1. The highest BCUT2D eigenvalue weighted by molar-refractivity contribution is 5.85. The minimum Gasteiger partial charge on any atom is -0.342 e. The van der Waals surface area contributed by atoms with Gasteiger partial charge in [-0.05, 0) is 63.5 Å². The van der Waals surface area contributed by atoms with Gasteiger partial charge in [-0.3, -0.25) is 4.79 Å². The second kappa shape index (κ2) is 8.89. The molecule has 2 bridgehead atoms. The van der Waals surface area contributed by atoms with Crippen LogP contribution in [0.3, 0.4) is 0 Å². The van der Waals surface area contributed by atoms with Gasteiger partial charge in [-0.2, -0.15) is 0 Å². The molecule has 2 aliphatic carbocycles. The molecule has 1 saturated heterocycles. The highest BCUT2D eigenvalue weighted by atomic mass is 35.5. The fourth-order valence-corrected chi connectivity index (χ4v) is 5.01. The molecule has 0 aromatic heterocycles. The second-order valence-electron chi connectivity index (χ2n) is 7.64. The van der Waals surface area contributed by atoms with Crippen molar-refractivity contribution in [3.8, 4) is 0 Å². The molecule has 3 fully saturated rings. The molecular weight excluding hydrogens is 333 g/mol. The molecule has 136 valence electrons. The summed E-state index contributed by atoms with van der Waals surface area (Å²) in [7, 11) is 2.19. The summed E-state index contributed by atoms with van der Waals surface area (Å²) in [5, 5.41) is 0. The monoisotopic (exact) mass is 365 g/mol. The van der Waals surface area contributed by atoms with E-state index < -0.39 is 0 Å². The predicted molar refractivity (Wildman–Crippen MR) is 99.3 cm³/mol. The fourth-order valence-electron chi connectivity index (χ4n) is 5.01. The number of amides is 1. The smallest absolute Gasteiger partial charge is 0.227 e. The number of likely N-dealkylation sites (tertiary alicyclic amines) is 1. The Bertz CT molecular complexity index is 394. The molecule has 2 N–H and O–H groups in total. The lowest BCUT2D eigenvalue weighted by Gasteiger charge is -2.31. The summed E-state index contributed by atoms with van der Waals surface area (Å²) in [6.45, 7) is 6.40. The average Bonchev–Trinajstić information content (AvgIpc) is 3.13. The zero-order valence-electron chi connectivity index (χ0n) is 14.4. The van der Waals surface area contributed by atoms with Gasteiger partial charge in [-0.1, -0.05) is 6.92 Å². The lowest BCUT2D eigenvalue weighted by molar-refractivity contribution is -0.136. The van der Waals surface area contributed by atoms with Crippen LogP contribution in [0.1, 0.15) is 39.0 Å². The summed E-state index contributed by atoms with van der Waals surface area (Å²) < 4.78 is 0. The van der Waals surface area contributed by atoms with Crippen LogP contribution in [0.5, 0.6) is 0 Å². The van der Waals surface area contributed by atoms with Crippen LogP contribution in [-0.4, -0.2) is 55.0 Å². The number of nitrogens with two attached hydrogens (primary N) is 1. The molecular formula is C17H33Cl2N3O. The van der Waals surface area contributed by atoms with E-state index in [0.717, 1.165) is 32.6 Å². The molecule has 3 rings (SSSR count). The van der Waals surface area contributed by atoms with Crippen molar-refractivity contribution >= 4 is 30.7 Å². The normalized spacial score (nSPS) is 35.3. The lowest BCUT2D eigenvalue weighted by Crippen LogP contribution is -2.46. The van der Waals surface area contributed by atoms with E-state index in [1.165, 1.54) is 25.7 Å². The van der Waals surface area contributed by atoms with Gasteiger partial charge < -0.3 is 15.5 Å². The van der Waals surface area contributed by atoms with Crippen LogP contribution in [0.15, 0.2) is 0 Å². The van der Waals surface area contributed by atoms with Gasteiger partial charge in [-0.25, -0.2) is 0 Å². The van der Waals surface area contributed by atoms with Gasteiger partial charge in [0.15, 0.2) is 0 Å². The summed E-state index contributed by atoms with van der Waals surface area (Å²) in [5.41, 5.74) is 6.33. The topological polar surface area (TPSA) is 49.6 Å². The van der Waals surface area contributed by atoms with E-state index in [-0.39, 0.29) is 36.8 Å². The van der Waals surface area contributed by atoms with Crippen molar-refractivity contribution in [1.82, 2.24) is 9.80 Å². The van der Waals surface area contributed by atoms with E-state index in [4.69, 9.17) is 5.73 Å². The third kappa shape index (κ3) is 4.33. The Hall–Kier alpha value is -0.0300. The van der Waals surface area contributed by atoms with E-state index in [1.807, 2.05) is 0 Å². The first-order valence-electron chi connectivity index (χ1n) is 8.83. The molecule has 4 nitrogen and oxygen atoms in total. The quantitative estimate of drug-likeness (QED) is 0.813. The SMILES string of the molecule is CCCN(C)CC1CCN(C(=O)C2C3CCC(C3)C2N)C1.Cl.Cl. The molecule has 5 unspecified atom stereocenters. The number of hydrogen-bond donors (Lipinski definition) is 1. The Morgan fingerprint density at radius 3 is 2.52 bits per heavy atom. The van der Waals surface area contributed by atoms with Crippen LogP contribution in [0.4, 0.5) is 0 Å². The van der Waals surface area contributed by atoms with E-state index in [2.05, 4.69) is 23.8 Å². The fraction of sp³-hybridized carbons (Fsp3) is 0.941. The molecule has 23 heavy (non-hydrogen) atoms. The third-order valence-corrected chi connectivity index (χ3v) is 6.04. The Morgan fingerprint density at radius 2 is 1.91 bits per heavy atom. The van der Waals surface area contributed by atoms with Crippen molar-refractivity contribution in [2.24, 2.45) is 29.4 Å². The minimum atomic E-state index is 0. The van der Waals surface area contributed by atoms with Crippen LogP contribution in [-0.2, 0) is 4.79 Å². The van der Waals surface area contributed by atoms with E-state index in [1.54, 1.807) is 0 Å². The number of hydrogen-bond acceptors (Lipinski definition) is 3. The average molecular weight is 366 g/mol. The van der Waals surface area contributed by atoms with Gasteiger partial charge in [0.25, 0.3) is 0 Å². The van der Waals surface area contributed by atoms with Crippen molar-refractivity contribution < 1.29 is 4.79 Å². The van der Waals surface area contributed by atoms with Gasteiger partial charge in [-0.15, -0.1) is 24.8 Å². The lowest BCUT2D eigenvalue weighted by atomic mass is 9.84. The molecule has 0 aromatic carbocycles. The van der Waals surface area contributed by atoms with Crippen LogP contribution >= 0.6 is 24.8 Å². The Morgan fingerprint density at radius 1 is 1.22 bits per heavy atom. The van der Waals surface area contributed by atoms with Crippen LogP contribution in [0.2, 0.25) is 0 Å². The van der Waals surface area contributed by atoms with E-state index in [0.29, 0.717) is 23.7 Å². The largest absolute Gasteiger partial charge is 0.342 e. The molecule has 1 amide bonds. The molecule has 0 radical (unpaired) electrons. The summed E-state index contributed by atoms with van der Waals surface area (Å²) >= 11 is 0. The first-order valence-corrected chi connectivity index (χ1v) is 8.83. The van der Waals surface area contributed by atoms with Gasteiger partial charge in [0.05, 0.1) is 5.92 Å². The number of nitrogens with zero attached hydrogens (tertiary/aromatic N) is 2. The molecule has 1 aliphatic heterocycles. The summed E-state index contributed by atoms with van der Waals surface area (Å²) in [6, 6.07) is 0.137. The maximum Gasteiger partial charge on any atom is 0.227 e. The summed E-state index contributed by atoms with van der Waals surface area (Å²) in [5.74, 6) is 2.36. The van der Waals surface area contributed by atoms with Crippen molar-refractivity contribution in [3.05, 3.63) is 0 Å². The molecule has 2 saturated carbocycles. The van der Waals surface area contributed by atoms with Crippen molar-refractivity contribution in [1.29, 1.82) is 0 Å². The highest BCUT2D eigenvalue weighted by Crippen LogP contribution is 2.48. The van der Waals surface area contributed by atoms with Crippen molar-refractivity contribution in [2.75, 3.05) is 33.2 Å². The summed E-state index contributed by atoms with van der Waals surface area (Å²) in [4.78, 5) is 17.4. The standard InChI is InChI=1S/C17H31N3O.2ClH/c1-3-7-19(2)10-12-6-8-20(11-12)17(21)15-13-4-5-14(9-13)16(15)18;;/h12-16H,3-11,18H2,1-2H3;2*1H. The van der Waals surface area contributed by atoms with Gasteiger partial charge in [0, 0.05) is 25.7 Å². The highest BCUT2D eigenvalue weighted by Gasteiger charge is 2.50. The van der Waals surface area contributed by atoms with Crippen molar-refractivity contribution in [3.63, 3.8) is 0 Å². The molecule has 1 heterocycles. The van der Waals surface area contributed by atoms with Gasteiger partial charge in [0.2, 0.25) is 5.91 Å². The number of carbonyl (C=O) groups excluding carboxylic acids is 1. The molecule has 0 spiro atoms. The van der Waals surface area contributed by atoms with Crippen LogP contribution in [0, 0.1) is 23.7 Å². The van der Waals surface area contributed by atoms with Crippen molar-refractivity contribution in [2.45, 2.75) is 45.1 Å². The minimum absolute atomic E-state index is 0. The van der Waals surface area contributed by atoms with E-state index >= 15 is 0 Å². The zero-order valence-corrected chi connectivity index (χ0v) is 16.1. The maximum absolute atomic E-state index is 12.8. The second-order valence-corrected chi connectivity index (χ2v) is 7.64. The number of carbonyl (C=O) groups is 1. The molecule has 3 aliphatic rings. The van der Waals surface area contributed by atoms with Crippen LogP contribution < -0.4 is 5.73 Å². The molecule has 0 aromatic rings. The Kier molecular flexibility index (Phi) is 8.12. The predicted octanol–water partition coefficient (Wildman–Crippen LogP) is 2.39. The van der Waals surface area contributed by atoms with Gasteiger partial charge >= 0.3 is 0 Å². The van der Waals surface area contributed by atoms with E-state index in [9.17, 15) is 4.79 Å². The summed E-state index contributed by atoms with van der Waals surface area (Å²) in [6.07, 6.45) is 6.04. The number of fused-ring (bicyclic) bond motifs is 2. The maximum atomic E-state index is 12.8. The number of rotatable bonds is 5. The Labute approximate surface area is 153 Å². The molecule has 6 heteroatoms.